The van der Waals surface area contributed by atoms with Gasteiger partial charge in [-0.15, -0.1) is 24.0 Å². The highest BCUT2D eigenvalue weighted by Gasteiger charge is 1.98. The molecule has 0 heterocycles. The van der Waals surface area contributed by atoms with E-state index in [1.165, 1.54) is 0 Å². The zero-order chi connectivity index (χ0) is 12.2. The largest absolute Gasteiger partial charge is 0.382 e. The minimum atomic E-state index is 0. The van der Waals surface area contributed by atoms with E-state index in [0.29, 0.717) is 5.92 Å². The molecule has 17 heavy (non-hydrogen) atoms. The van der Waals surface area contributed by atoms with Crippen LogP contribution in [0.5, 0.6) is 0 Å². The topological polar surface area (TPSA) is 45.6 Å². The van der Waals surface area contributed by atoms with E-state index in [-0.39, 0.29) is 24.0 Å². The lowest BCUT2D eigenvalue weighted by Gasteiger charge is -2.13. The van der Waals surface area contributed by atoms with E-state index in [0.717, 1.165) is 45.1 Å². The smallest absolute Gasteiger partial charge is 0.190 e. The molecule has 0 aromatic heterocycles. The quantitative estimate of drug-likeness (QED) is 0.303. The lowest BCUT2D eigenvalue weighted by molar-refractivity contribution is 0.143. The van der Waals surface area contributed by atoms with E-state index < -0.39 is 0 Å². The first kappa shape index (κ1) is 19.3. The molecule has 0 radical (unpaired) electrons. The first-order valence-electron chi connectivity index (χ1n) is 6.23. The van der Waals surface area contributed by atoms with E-state index >= 15 is 0 Å². The summed E-state index contributed by atoms with van der Waals surface area (Å²) in [6.07, 6.45) is 2.21. The Hall–Kier alpha value is -0.0400. The summed E-state index contributed by atoms with van der Waals surface area (Å²) in [5, 5.41) is 6.56. The van der Waals surface area contributed by atoms with Crippen LogP contribution in [0.3, 0.4) is 0 Å². The number of nitrogens with zero attached hydrogens (tertiary/aromatic N) is 1. The zero-order valence-electron chi connectivity index (χ0n) is 11.6. The van der Waals surface area contributed by atoms with Crippen molar-refractivity contribution in [2.45, 2.75) is 33.6 Å². The van der Waals surface area contributed by atoms with E-state index in [2.05, 4.69) is 29.5 Å². The number of halogens is 1. The number of unbranched alkanes of at least 4 members (excludes halogenated alkanes) is 1. The predicted molar refractivity (Wildman–Crippen MR) is 85.3 cm³/mol. The minimum Gasteiger partial charge on any atom is -0.382 e. The Kier molecular flexibility index (Phi) is 15.9. The maximum Gasteiger partial charge on any atom is 0.190 e. The van der Waals surface area contributed by atoms with Crippen LogP contribution < -0.4 is 10.6 Å². The molecule has 0 rings (SSSR count). The van der Waals surface area contributed by atoms with Crippen LogP contribution in [0.15, 0.2) is 4.99 Å². The average Bonchev–Trinajstić information content (AvgIpc) is 2.27. The Morgan fingerprint density at radius 1 is 1.24 bits per heavy atom. The molecule has 0 aliphatic carbocycles. The number of nitrogens with one attached hydrogen (secondary N) is 2. The van der Waals surface area contributed by atoms with Crippen molar-refractivity contribution in [3.8, 4) is 0 Å². The zero-order valence-corrected chi connectivity index (χ0v) is 13.9. The summed E-state index contributed by atoms with van der Waals surface area (Å²) in [4.78, 5) is 4.16. The van der Waals surface area contributed by atoms with Crippen LogP contribution in [0.4, 0.5) is 0 Å². The second-order valence-electron chi connectivity index (χ2n) is 4.18. The third kappa shape index (κ3) is 13.9. The molecule has 0 amide bonds. The molecule has 0 spiro atoms. The molecule has 0 saturated carbocycles. The van der Waals surface area contributed by atoms with Crippen molar-refractivity contribution < 1.29 is 4.74 Å². The summed E-state index contributed by atoms with van der Waals surface area (Å²) in [5.74, 6) is 1.53. The Labute approximate surface area is 123 Å². The van der Waals surface area contributed by atoms with E-state index in [1.54, 1.807) is 7.05 Å². The molecule has 2 N–H and O–H groups in total. The lowest BCUT2D eigenvalue weighted by atomic mass is 10.2. The Morgan fingerprint density at radius 3 is 2.47 bits per heavy atom. The molecule has 0 aromatic rings. The van der Waals surface area contributed by atoms with Crippen molar-refractivity contribution in [3.05, 3.63) is 0 Å². The van der Waals surface area contributed by atoms with Crippen molar-refractivity contribution in [2.24, 2.45) is 10.9 Å². The number of aliphatic imine (C=N–C) groups is 1. The molecule has 0 bridgehead atoms. The Balaban J connectivity index is 0. The summed E-state index contributed by atoms with van der Waals surface area (Å²) in [7, 11) is 1.80. The van der Waals surface area contributed by atoms with Gasteiger partial charge in [0.15, 0.2) is 5.96 Å². The van der Waals surface area contributed by atoms with Crippen molar-refractivity contribution in [3.63, 3.8) is 0 Å². The summed E-state index contributed by atoms with van der Waals surface area (Å²) >= 11 is 0. The van der Waals surface area contributed by atoms with Crippen LogP contribution in [0.2, 0.25) is 0 Å². The molecular weight excluding hydrogens is 329 g/mol. The van der Waals surface area contributed by atoms with Gasteiger partial charge >= 0.3 is 0 Å². The predicted octanol–water partition coefficient (Wildman–Crippen LogP) is 2.24. The van der Waals surface area contributed by atoms with Gasteiger partial charge in [-0.25, -0.2) is 0 Å². The molecule has 0 fully saturated rings. The summed E-state index contributed by atoms with van der Waals surface area (Å²) in [6.45, 7) is 9.96. The fraction of sp³-hybridized carbons (Fsp3) is 0.917. The molecule has 5 heteroatoms. The molecular formula is C12H28IN3O. The Bertz CT molecular complexity index is 187. The van der Waals surface area contributed by atoms with Crippen LogP contribution in [-0.4, -0.2) is 39.3 Å². The third-order valence-electron chi connectivity index (χ3n) is 2.11. The monoisotopic (exact) mass is 357 g/mol. The highest BCUT2D eigenvalue weighted by molar-refractivity contribution is 14.0. The molecule has 4 nitrogen and oxygen atoms in total. The fourth-order valence-electron chi connectivity index (χ4n) is 1.20. The fourth-order valence-corrected chi connectivity index (χ4v) is 1.20. The first-order valence-corrected chi connectivity index (χ1v) is 6.23. The molecule has 0 aromatic carbocycles. The third-order valence-corrected chi connectivity index (χ3v) is 2.11. The van der Waals surface area contributed by atoms with Gasteiger partial charge in [-0.2, -0.15) is 0 Å². The van der Waals surface area contributed by atoms with Crippen LogP contribution in [0, 0.1) is 5.92 Å². The van der Waals surface area contributed by atoms with Gasteiger partial charge in [-0.3, -0.25) is 4.99 Å². The molecule has 104 valence electrons. The second kappa shape index (κ2) is 14.0. The van der Waals surface area contributed by atoms with Crippen molar-refractivity contribution in [1.82, 2.24) is 10.6 Å². The van der Waals surface area contributed by atoms with Crippen molar-refractivity contribution in [2.75, 3.05) is 33.4 Å². The van der Waals surface area contributed by atoms with Crippen LogP contribution in [0.25, 0.3) is 0 Å². The van der Waals surface area contributed by atoms with Crippen molar-refractivity contribution >= 4 is 29.9 Å². The van der Waals surface area contributed by atoms with Gasteiger partial charge in [-0.1, -0.05) is 13.8 Å². The second-order valence-corrected chi connectivity index (χ2v) is 4.18. The van der Waals surface area contributed by atoms with Gasteiger partial charge in [0, 0.05) is 33.4 Å². The average molecular weight is 357 g/mol. The van der Waals surface area contributed by atoms with E-state index in [1.807, 2.05) is 6.92 Å². The van der Waals surface area contributed by atoms with Gasteiger partial charge in [0.25, 0.3) is 0 Å². The van der Waals surface area contributed by atoms with Crippen LogP contribution in [0.1, 0.15) is 33.6 Å². The number of rotatable bonds is 8. The van der Waals surface area contributed by atoms with Crippen LogP contribution in [-0.2, 0) is 4.74 Å². The summed E-state index contributed by atoms with van der Waals surface area (Å²) in [5.41, 5.74) is 0. The van der Waals surface area contributed by atoms with E-state index in [9.17, 15) is 0 Å². The Morgan fingerprint density at radius 2 is 1.94 bits per heavy atom. The molecule has 0 atom stereocenters. The molecule has 0 aliphatic rings. The minimum absolute atomic E-state index is 0. The first-order chi connectivity index (χ1) is 7.70. The van der Waals surface area contributed by atoms with Crippen LogP contribution >= 0.6 is 24.0 Å². The highest BCUT2D eigenvalue weighted by atomic mass is 127. The number of hydrogen-bond acceptors (Lipinski definition) is 2. The lowest BCUT2D eigenvalue weighted by Crippen LogP contribution is -2.39. The standard InChI is InChI=1S/C12H27N3O.HI/c1-5-16-9-7-6-8-14-12(13-4)15-10-11(2)3;/h11H,5-10H2,1-4H3,(H2,13,14,15);1H. The normalized spacial score (nSPS) is 11.2. The van der Waals surface area contributed by atoms with Gasteiger partial charge in [0.2, 0.25) is 0 Å². The SMILES string of the molecule is CCOCCCCNC(=NC)NCC(C)C.I. The summed E-state index contributed by atoms with van der Waals surface area (Å²) < 4.78 is 5.27. The van der Waals surface area contributed by atoms with Crippen molar-refractivity contribution in [1.29, 1.82) is 0 Å². The maximum absolute atomic E-state index is 5.27. The molecule has 0 aliphatic heterocycles. The summed E-state index contributed by atoms with van der Waals surface area (Å²) in [6, 6.07) is 0. The van der Waals surface area contributed by atoms with Gasteiger partial charge in [-0.05, 0) is 25.7 Å². The maximum atomic E-state index is 5.27. The highest BCUT2D eigenvalue weighted by Crippen LogP contribution is 1.89. The van der Waals surface area contributed by atoms with E-state index in [4.69, 9.17) is 4.74 Å². The van der Waals surface area contributed by atoms with Gasteiger partial charge in [0.05, 0.1) is 0 Å². The van der Waals surface area contributed by atoms with Gasteiger partial charge < -0.3 is 15.4 Å². The number of ether oxygens (including phenoxy) is 1. The molecule has 0 saturated heterocycles. The number of guanidine groups is 1. The number of hydrogen-bond donors (Lipinski definition) is 2. The molecule has 0 unspecified atom stereocenters. The van der Waals surface area contributed by atoms with Gasteiger partial charge in [0.1, 0.15) is 0 Å².